The number of aromatic nitrogens is 1. The molecule has 2 nitrogen and oxygen atoms in total. The summed E-state index contributed by atoms with van der Waals surface area (Å²) in [6.45, 7) is 0. The quantitative estimate of drug-likeness (QED) is 0.491. The van der Waals surface area contributed by atoms with E-state index in [1.54, 1.807) is 18.3 Å². The Bertz CT molecular complexity index is 765. The minimum Gasteiger partial charge on any atom is -0.304 e. The monoisotopic (exact) mass is 451 g/mol. The molecule has 3 heteroatoms. The summed E-state index contributed by atoms with van der Waals surface area (Å²) in [5, 5.41) is 0. The molecule has 2 aliphatic rings. The fraction of sp³-hybridized carbons (Fsp3) is 0. The van der Waals surface area contributed by atoms with Gasteiger partial charge in [0.2, 0.25) is 0 Å². The van der Waals surface area contributed by atoms with Gasteiger partial charge in [0, 0.05) is 27.3 Å². The first-order chi connectivity index (χ1) is 9.84. The molecule has 0 amide bonds. The van der Waals surface area contributed by atoms with Gasteiger partial charge >= 0.3 is 0 Å². The molecule has 4 rings (SSSR count). The van der Waals surface area contributed by atoms with Gasteiger partial charge in [-0.2, -0.15) is 0 Å². The fourth-order valence-corrected chi connectivity index (χ4v) is 2.73. The van der Waals surface area contributed by atoms with Gasteiger partial charge in [-0.15, -0.1) is 29.8 Å². The Morgan fingerprint density at radius 1 is 0.952 bits per heavy atom. The van der Waals surface area contributed by atoms with Crippen LogP contribution in [0.5, 0.6) is 0 Å². The van der Waals surface area contributed by atoms with E-state index in [9.17, 15) is 4.79 Å². The number of pyridine rings is 1. The number of benzene rings is 1. The van der Waals surface area contributed by atoms with E-state index in [0.29, 0.717) is 0 Å². The van der Waals surface area contributed by atoms with Crippen molar-refractivity contribution in [3.05, 3.63) is 83.6 Å². The van der Waals surface area contributed by atoms with Crippen LogP contribution in [0.4, 0.5) is 0 Å². The topological polar surface area (TPSA) is 30.0 Å². The summed E-state index contributed by atoms with van der Waals surface area (Å²) in [6, 6.07) is 13.2. The van der Waals surface area contributed by atoms with Crippen molar-refractivity contribution in [2.75, 3.05) is 0 Å². The first-order valence-electron chi connectivity index (χ1n) is 6.46. The normalized spacial score (nSPS) is 14.8. The van der Waals surface area contributed by atoms with Gasteiger partial charge in [-0.3, -0.25) is 4.79 Å². The van der Waals surface area contributed by atoms with E-state index in [0.717, 1.165) is 33.5 Å². The van der Waals surface area contributed by atoms with Crippen molar-refractivity contribution < 1.29 is 25.9 Å². The Morgan fingerprint density at radius 2 is 1.71 bits per heavy atom. The van der Waals surface area contributed by atoms with Crippen LogP contribution in [-0.4, -0.2) is 10.8 Å². The van der Waals surface area contributed by atoms with Crippen LogP contribution in [0.3, 0.4) is 0 Å². The number of hydrogen-bond acceptors (Lipinski definition) is 2. The first kappa shape index (κ1) is 13.9. The van der Waals surface area contributed by atoms with Crippen molar-refractivity contribution in [2.45, 2.75) is 0 Å². The Labute approximate surface area is 137 Å². The van der Waals surface area contributed by atoms with E-state index in [-0.39, 0.29) is 26.8 Å². The predicted molar refractivity (Wildman–Crippen MR) is 77.8 cm³/mol. The van der Waals surface area contributed by atoms with E-state index >= 15 is 0 Å². The summed E-state index contributed by atoms with van der Waals surface area (Å²) in [5.74, 6) is 0.0265. The van der Waals surface area contributed by atoms with Gasteiger partial charge in [0.05, 0.1) is 0 Å². The number of allylic oxidation sites excluding steroid dienone is 5. The van der Waals surface area contributed by atoms with Gasteiger partial charge in [0.1, 0.15) is 0 Å². The number of fused-ring (bicyclic) bond motifs is 3. The average Bonchev–Trinajstić information content (AvgIpc) is 2.83. The number of carbonyl (C=O) groups excluding carboxylic acids is 1. The Morgan fingerprint density at radius 3 is 2.52 bits per heavy atom. The molecular formula is C18H10NOPt-. The number of rotatable bonds is 0. The molecule has 104 valence electrons. The molecule has 2 aromatic rings. The molecule has 1 heterocycles. The molecule has 0 spiro atoms. The van der Waals surface area contributed by atoms with Crippen LogP contribution in [0.15, 0.2) is 66.4 Å². The third-order valence-electron chi connectivity index (χ3n) is 3.58. The smallest absolute Gasteiger partial charge is 0.178 e. The Kier molecular flexibility index (Phi) is 3.57. The molecule has 0 bridgehead atoms. The summed E-state index contributed by atoms with van der Waals surface area (Å²) < 4.78 is 0. The van der Waals surface area contributed by atoms with Crippen LogP contribution in [0.1, 0.15) is 11.1 Å². The van der Waals surface area contributed by atoms with E-state index < -0.39 is 0 Å². The maximum absolute atomic E-state index is 11.3. The van der Waals surface area contributed by atoms with Crippen molar-refractivity contribution in [1.82, 2.24) is 4.98 Å². The summed E-state index contributed by atoms with van der Waals surface area (Å²) in [4.78, 5) is 15.8. The second kappa shape index (κ2) is 5.38. The maximum atomic E-state index is 11.3. The molecule has 21 heavy (non-hydrogen) atoms. The maximum Gasteiger partial charge on any atom is 0.178 e. The third kappa shape index (κ3) is 2.16. The Balaban J connectivity index is 0.00000132. The standard InChI is InChI=1S/C18H10NO.Pt/c20-13-9-7-12(8-10-13)17-14-4-1-2-5-15(14)18-16(17)6-3-11-19-18;/h1-4,6-11H;/q-1;. The average molecular weight is 451 g/mol. The van der Waals surface area contributed by atoms with Crippen LogP contribution in [-0.2, 0) is 25.9 Å². The van der Waals surface area contributed by atoms with Crippen LogP contribution < -0.4 is 0 Å². The molecule has 0 radical (unpaired) electrons. The minimum absolute atomic E-state index is 0. The number of nitrogens with zero attached hydrogens (tertiary/aromatic N) is 1. The molecule has 1 aromatic carbocycles. The van der Waals surface area contributed by atoms with Gasteiger partial charge in [0.25, 0.3) is 0 Å². The van der Waals surface area contributed by atoms with E-state index in [1.807, 2.05) is 30.4 Å². The van der Waals surface area contributed by atoms with Crippen molar-refractivity contribution in [3.63, 3.8) is 0 Å². The predicted octanol–water partition coefficient (Wildman–Crippen LogP) is 3.36. The largest absolute Gasteiger partial charge is 0.304 e. The molecule has 0 fully saturated rings. The van der Waals surface area contributed by atoms with Crippen LogP contribution >= 0.6 is 0 Å². The van der Waals surface area contributed by atoms with Crippen LogP contribution in [0.2, 0.25) is 0 Å². The number of ketones is 1. The fourth-order valence-electron chi connectivity index (χ4n) is 2.73. The van der Waals surface area contributed by atoms with Crippen molar-refractivity contribution >= 4 is 11.4 Å². The first-order valence-corrected chi connectivity index (χ1v) is 6.46. The molecule has 1 aromatic heterocycles. The molecule has 0 saturated carbocycles. The molecule has 0 atom stereocenters. The van der Waals surface area contributed by atoms with E-state index in [1.165, 1.54) is 0 Å². The summed E-state index contributed by atoms with van der Waals surface area (Å²) in [5.41, 5.74) is 6.38. The summed E-state index contributed by atoms with van der Waals surface area (Å²) in [7, 11) is 0. The van der Waals surface area contributed by atoms with E-state index in [2.05, 4.69) is 23.2 Å². The summed E-state index contributed by atoms with van der Waals surface area (Å²) >= 11 is 0. The van der Waals surface area contributed by atoms with E-state index in [4.69, 9.17) is 0 Å². The zero-order chi connectivity index (χ0) is 13.5. The molecular weight excluding hydrogens is 441 g/mol. The molecule has 0 aliphatic heterocycles. The number of hydrogen-bond donors (Lipinski definition) is 0. The molecule has 0 N–H and O–H groups in total. The molecule has 2 aliphatic carbocycles. The number of carbonyl (C=O) groups is 1. The SMILES string of the molecule is O=C1C=CC(=C2c3ccc[c-]c3-c3ncccc32)C=C1.[Pt]. The molecule has 0 unspecified atom stereocenters. The van der Waals surface area contributed by atoms with Crippen molar-refractivity contribution in [2.24, 2.45) is 0 Å². The second-order valence-corrected chi connectivity index (χ2v) is 4.76. The van der Waals surface area contributed by atoms with Gasteiger partial charge < -0.3 is 4.98 Å². The second-order valence-electron chi connectivity index (χ2n) is 4.76. The van der Waals surface area contributed by atoms with Gasteiger partial charge in [0.15, 0.2) is 5.78 Å². The van der Waals surface area contributed by atoms with Gasteiger partial charge in [-0.05, 0) is 35.0 Å². The third-order valence-corrected chi connectivity index (χ3v) is 3.58. The minimum atomic E-state index is 0. The van der Waals surface area contributed by atoms with Crippen LogP contribution in [0, 0.1) is 6.07 Å². The molecule has 0 saturated heterocycles. The van der Waals surface area contributed by atoms with Crippen LogP contribution in [0.25, 0.3) is 16.8 Å². The van der Waals surface area contributed by atoms with Crippen molar-refractivity contribution in [3.8, 4) is 11.3 Å². The zero-order valence-electron chi connectivity index (χ0n) is 10.9. The Hall–Kier alpha value is -2.05. The van der Waals surface area contributed by atoms with Gasteiger partial charge in [-0.1, -0.05) is 29.4 Å². The summed E-state index contributed by atoms with van der Waals surface area (Å²) in [6.07, 6.45) is 8.74. The van der Waals surface area contributed by atoms with Gasteiger partial charge in [-0.25, -0.2) is 0 Å². The van der Waals surface area contributed by atoms with Crippen molar-refractivity contribution in [1.29, 1.82) is 0 Å². The zero-order valence-corrected chi connectivity index (χ0v) is 13.2.